The molecule has 1 aliphatic carbocycles. The Morgan fingerprint density at radius 3 is 2.56 bits per heavy atom. The van der Waals surface area contributed by atoms with Crippen LogP contribution in [0, 0.1) is 13.8 Å². The lowest BCUT2D eigenvalue weighted by molar-refractivity contribution is 0.404. The summed E-state index contributed by atoms with van der Waals surface area (Å²) in [4.78, 5) is 0. The molecule has 0 heterocycles. The van der Waals surface area contributed by atoms with Gasteiger partial charge in [-0.3, -0.25) is 0 Å². The Morgan fingerprint density at radius 1 is 1.12 bits per heavy atom. The molecule has 0 spiro atoms. The van der Waals surface area contributed by atoms with Gasteiger partial charge in [0.1, 0.15) is 0 Å². The van der Waals surface area contributed by atoms with Crippen molar-refractivity contribution in [3.8, 4) is 0 Å². The molecule has 1 aromatic rings. The molecule has 1 aliphatic rings. The highest BCUT2D eigenvalue weighted by atomic mass is 15.0. The van der Waals surface area contributed by atoms with Crippen molar-refractivity contribution in [2.45, 2.75) is 51.6 Å². The van der Waals surface area contributed by atoms with Gasteiger partial charge in [0.15, 0.2) is 0 Å². The maximum atomic E-state index is 6.13. The maximum Gasteiger partial charge on any atom is 0.0412 e. The lowest BCUT2D eigenvalue weighted by Gasteiger charge is -2.30. The Balaban J connectivity index is 2.05. The highest BCUT2D eigenvalue weighted by molar-refractivity contribution is 5.49. The van der Waals surface area contributed by atoms with Gasteiger partial charge in [0.05, 0.1) is 0 Å². The molecule has 1 saturated carbocycles. The molecule has 3 N–H and O–H groups in total. The number of anilines is 1. The minimum atomic E-state index is 0.315. The van der Waals surface area contributed by atoms with E-state index in [2.05, 4.69) is 37.4 Å². The lowest BCUT2D eigenvalue weighted by Crippen LogP contribution is -2.42. The van der Waals surface area contributed by atoms with Crippen LogP contribution in [0.2, 0.25) is 0 Å². The summed E-state index contributed by atoms with van der Waals surface area (Å²) in [5.74, 6) is 0. The molecule has 0 amide bonds. The van der Waals surface area contributed by atoms with Crippen LogP contribution in [0.3, 0.4) is 0 Å². The van der Waals surface area contributed by atoms with E-state index in [1.807, 2.05) is 0 Å². The van der Waals surface area contributed by atoms with E-state index in [0.29, 0.717) is 12.1 Å². The molecule has 16 heavy (non-hydrogen) atoms. The quantitative estimate of drug-likeness (QED) is 0.801. The number of hydrogen-bond donors (Lipinski definition) is 2. The molecule has 1 aromatic carbocycles. The SMILES string of the molecule is Cc1ccc(N[C@@H]2CCCC[C@@H]2N)cc1C. The van der Waals surface area contributed by atoms with Gasteiger partial charge in [0.25, 0.3) is 0 Å². The third-order valence-corrected chi connectivity index (χ3v) is 3.68. The first-order chi connectivity index (χ1) is 7.66. The molecule has 2 heteroatoms. The van der Waals surface area contributed by atoms with Crippen molar-refractivity contribution in [2.75, 3.05) is 5.32 Å². The molecule has 2 nitrogen and oxygen atoms in total. The van der Waals surface area contributed by atoms with Crippen molar-refractivity contribution in [2.24, 2.45) is 5.73 Å². The first-order valence-corrected chi connectivity index (χ1v) is 6.26. The molecule has 88 valence electrons. The lowest BCUT2D eigenvalue weighted by atomic mass is 9.91. The first kappa shape index (κ1) is 11.5. The molecule has 2 rings (SSSR count). The van der Waals surface area contributed by atoms with E-state index in [0.717, 1.165) is 6.42 Å². The van der Waals surface area contributed by atoms with Crippen LogP contribution in [-0.4, -0.2) is 12.1 Å². The van der Waals surface area contributed by atoms with Crippen LogP contribution in [0.4, 0.5) is 5.69 Å². The number of nitrogens with two attached hydrogens (primary N) is 1. The van der Waals surface area contributed by atoms with Crippen molar-refractivity contribution < 1.29 is 0 Å². The fraction of sp³-hybridized carbons (Fsp3) is 0.571. The third-order valence-electron chi connectivity index (χ3n) is 3.68. The van der Waals surface area contributed by atoms with Gasteiger partial charge in [-0.2, -0.15) is 0 Å². The van der Waals surface area contributed by atoms with Crippen molar-refractivity contribution >= 4 is 5.69 Å². The predicted molar refractivity (Wildman–Crippen MR) is 69.8 cm³/mol. The minimum Gasteiger partial charge on any atom is -0.381 e. The van der Waals surface area contributed by atoms with Crippen molar-refractivity contribution in [3.05, 3.63) is 29.3 Å². The third kappa shape index (κ3) is 2.56. The fourth-order valence-electron chi connectivity index (χ4n) is 2.38. The Bertz CT molecular complexity index is 360. The topological polar surface area (TPSA) is 38.0 Å². The zero-order chi connectivity index (χ0) is 11.5. The van der Waals surface area contributed by atoms with Gasteiger partial charge in [0, 0.05) is 17.8 Å². The van der Waals surface area contributed by atoms with Crippen LogP contribution < -0.4 is 11.1 Å². The van der Waals surface area contributed by atoms with Crippen molar-refractivity contribution in [1.82, 2.24) is 0 Å². The Kier molecular flexibility index (Phi) is 3.49. The molecule has 0 radical (unpaired) electrons. The smallest absolute Gasteiger partial charge is 0.0412 e. The first-order valence-electron chi connectivity index (χ1n) is 6.26. The zero-order valence-electron chi connectivity index (χ0n) is 10.3. The molecule has 0 saturated heterocycles. The summed E-state index contributed by atoms with van der Waals surface area (Å²) in [5, 5.41) is 3.57. The van der Waals surface area contributed by atoms with Gasteiger partial charge >= 0.3 is 0 Å². The van der Waals surface area contributed by atoms with Gasteiger partial charge in [-0.1, -0.05) is 18.9 Å². The van der Waals surface area contributed by atoms with Gasteiger partial charge < -0.3 is 11.1 Å². The van der Waals surface area contributed by atoms with Crippen LogP contribution in [-0.2, 0) is 0 Å². The average Bonchev–Trinajstić information content (AvgIpc) is 2.27. The highest BCUT2D eigenvalue weighted by Gasteiger charge is 2.21. The van der Waals surface area contributed by atoms with E-state index in [4.69, 9.17) is 5.73 Å². The Hall–Kier alpha value is -1.02. The van der Waals surface area contributed by atoms with Gasteiger partial charge in [-0.25, -0.2) is 0 Å². The van der Waals surface area contributed by atoms with E-state index in [1.54, 1.807) is 0 Å². The second-order valence-electron chi connectivity index (χ2n) is 5.00. The zero-order valence-corrected chi connectivity index (χ0v) is 10.3. The van der Waals surface area contributed by atoms with E-state index in [-0.39, 0.29) is 0 Å². The summed E-state index contributed by atoms with van der Waals surface area (Å²) >= 11 is 0. The Morgan fingerprint density at radius 2 is 1.88 bits per heavy atom. The summed E-state index contributed by atoms with van der Waals surface area (Å²) in [6.45, 7) is 4.30. The molecule has 0 unspecified atom stereocenters. The summed E-state index contributed by atoms with van der Waals surface area (Å²) in [5.41, 5.74) is 10.0. The molecule has 0 aliphatic heterocycles. The second-order valence-corrected chi connectivity index (χ2v) is 5.00. The number of nitrogens with one attached hydrogen (secondary N) is 1. The minimum absolute atomic E-state index is 0.315. The van der Waals surface area contributed by atoms with Crippen LogP contribution in [0.15, 0.2) is 18.2 Å². The van der Waals surface area contributed by atoms with Crippen LogP contribution in [0.5, 0.6) is 0 Å². The number of rotatable bonds is 2. The summed E-state index contributed by atoms with van der Waals surface area (Å²) in [7, 11) is 0. The number of aryl methyl sites for hydroxylation is 2. The Labute approximate surface area is 98.2 Å². The molecule has 2 atom stereocenters. The van der Waals surface area contributed by atoms with E-state index >= 15 is 0 Å². The van der Waals surface area contributed by atoms with Gasteiger partial charge in [-0.05, 0) is 49.9 Å². The highest BCUT2D eigenvalue weighted by Crippen LogP contribution is 2.22. The molecule has 1 fully saturated rings. The summed E-state index contributed by atoms with van der Waals surface area (Å²) in [6.07, 6.45) is 4.94. The molecule has 0 bridgehead atoms. The number of hydrogen-bond acceptors (Lipinski definition) is 2. The molecular weight excluding hydrogens is 196 g/mol. The van der Waals surface area contributed by atoms with Crippen molar-refractivity contribution in [1.29, 1.82) is 0 Å². The maximum absolute atomic E-state index is 6.13. The van der Waals surface area contributed by atoms with E-state index < -0.39 is 0 Å². The molecular formula is C14H22N2. The van der Waals surface area contributed by atoms with Gasteiger partial charge in [-0.15, -0.1) is 0 Å². The average molecular weight is 218 g/mol. The fourth-order valence-corrected chi connectivity index (χ4v) is 2.38. The largest absolute Gasteiger partial charge is 0.381 e. The predicted octanol–water partition coefficient (Wildman–Crippen LogP) is 2.99. The second kappa shape index (κ2) is 4.88. The van der Waals surface area contributed by atoms with Crippen molar-refractivity contribution in [3.63, 3.8) is 0 Å². The summed E-state index contributed by atoms with van der Waals surface area (Å²) in [6, 6.07) is 7.32. The van der Waals surface area contributed by atoms with Crippen LogP contribution >= 0.6 is 0 Å². The van der Waals surface area contributed by atoms with Crippen LogP contribution in [0.25, 0.3) is 0 Å². The van der Waals surface area contributed by atoms with E-state index in [9.17, 15) is 0 Å². The van der Waals surface area contributed by atoms with E-state index in [1.165, 1.54) is 36.1 Å². The summed E-state index contributed by atoms with van der Waals surface area (Å²) < 4.78 is 0. The normalized spacial score (nSPS) is 25.4. The van der Waals surface area contributed by atoms with Gasteiger partial charge in [0.2, 0.25) is 0 Å². The monoisotopic (exact) mass is 218 g/mol. The van der Waals surface area contributed by atoms with Crippen LogP contribution in [0.1, 0.15) is 36.8 Å². The number of benzene rings is 1. The molecule has 0 aromatic heterocycles. The standard InChI is InChI=1S/C14H22N2/c1-10-7-8-12(9-11(10)2)16-14-6-4-3-5-13(14)15/h7-9,13-14,16H,3-6,15H2,1-2H3/t13-,14+/m0/s1.